The van der Waals surface area contributed by atoms with Crippen molar-refractivity contribution in [3.63, 3.8) is 0 Å². The Hall–Kier alpha value is -1.92. The fraction of sp³-hybridized carbons (Fsp3) is 0.636. The van der Waals surface area contributed by atoms with Crippen molar-refractivity contribution in [3.05, 3.63) is 11.4 Å². The minimum atomic E-state index is -1.12. The highest BCUT2D eigenvalue weighted by Crippen LogP contribution is 2.07. The van der Waals surface area contributed by atoms with Crippen molar-refractivity contribution in [2.24, 2.45) is 0 Å². The van der Waals surface area contributed by atoms with E-state index in [0.717, 1.165) is 0 Å². The lowest BCUT2D eigenvalue weighted by Gasteiger charge is -2.21. The molecule has 0 fully saturated rings. The van der Waals surface area contributed by atoms with E-state index in [1.165, 1.54) is 4.68 Å². The van der Waals surface area contributed by atoms with Gasteiger partial charge in [-0.05, 0) is 20.3 Å². The third kappa shape index (κ3) is 2.85. The molecule has 0 aliphatic carbocycles. The molecule has 1 N–H and O–H groups in total. The molecule has 1 rings (SSSR count). The Balaban J connectivity index is 2.92. The highest BCUT2D eigenvalue weighted by molar-refractivity contribution is 5.86. The first kappa shape index (κ1) is 14.1. The molecule has 1 aromatic heterocycles. The summed E-state index contributed by atoms with van der Waals surface area (Å²) in [6.07, 6.45) is 0.466. The molecular weight excluding hydrogens is 236 g/mol. The quantitative estimate of drug-likeness (QED) is 0.822. The van der Waals surface area contributed by atoms with Gasteiger partial charge in [0.25, 0.3) is 0 Å². The van der Waals surface area contributed by atoms with Gasteiger partial charge in [-0.1, -0.05) is 12.1 Å². The van der Waals surface area contributed by atoms with E-state index in [0.29, 0.717) is 12.1 Å². The van der Waals surface area contributed by atoms with Gasteiger partial charge in [0.1, 0.15) is 6.54 Å². The van der Waals surface area contributed by atoms with Crippen LogP contribution in [0.1, 0.15) is 37.0 Å². The predicted molar refractivity (Wildman–Crippen MR) is 64.3 cm³/mol. The van der Waals surface area contributed by atoms with E-state index in [1.807, 2.05) is 13.8 Å². The number of amides is 1. The van der Waals surface area contributed by atoms with Crippen LogP contribution in [-0.4, -0.2) is 50.0 Å². The van der Waals surface area contributed by atoms with Crippen molar-refractivity contribution in [2.75, 3.05) is 7.05 Å². The highest BCUT2D eigenvalue weighted by atomic mass is 16.4. The molecular formula is C11H18N4O3. The molecule has 0 atom stereocenters. The van der Waals surface area contributed by atoms with Gasteiger partial charge >= 0.3 is 5.97 Å². The third-order valence-electron chi connectivity index (χ3n) is 2.83. The zero-order chi connectivity index (χ0) is 13.9. The summed E-state index contributed by atoms with van der Waals surface area (Å²) in [7, 11) is 1.70. The zero-order valence-corrected chi connectivity index (χ0v) is 11.0. The lowest BCUT2D eigenvalue weighted by atomic mass is 10.2. The number of aromatic nitrogens is 3. The maximum Gasteiger partial charge on any atom is 0.358 e. The van der Waals surface area contributed by atoms with Crippen molar-refractivity contribution in [2.45, 2.75) is 39.8 Å². The Bertz CT molecular complexity index is 453. The standard InChI is InChI=1S/C11H18N4O3/c1-5-8-10(11(17)18)12-13-15(8)6-9(16)14(4)7(2)3/h7H,5-6H2,1-4H3,(H,17,18). The van der Waals surface area contributed by atoms with Gasteiger partial charge in [0, 0.05) is 13.1 Å². The van der Waals surface area contributed by atoms with Crippen LogP contribution in [0.15, 0.2) is 0 Å². The molecule has 1 aromatic rings. The number of hydrogen-bond acceptors (Lipinski definition) is 4. The van der Waals surface area contributed by atoms with Crippen LogP contribution in [0.2, 0.25) is 0 Å². The molecule has 0 aromatic carbocycles. The van der Waals surface area contributed by atoms with Crippen LogP contribution in [0.3, 0.4) is 0 Å². The van der Waals surface area contributed by atoms with Gasteiger partial charge in [0.15, 0.2) is 5.69 Å². The number of carbonyl (C=O) groups is 2. The molecule has 0 radical (unpaired) electrons. The van der Waals surface area contributed by atoms with Crippen LogP contribution < -0.4 is 0 Å². The van der Waals surface area contributed by atoms with Crippen LogP contribution in [0.25, 0.3) is 0 Å². The summed E-state index contributed by atoms with van der Waals surface area (Å²) in [5.74, 6) is -1.25. The maximum atomic E-state index is 11.9. The fourth-order valence-corrected chi connectivity index (χ4v) is 1.50. The van der Waals surface area contributed by atoms with E-state index < -0.39 is 5.97 Å². The second-order valence-electron chi connectivity index (χ2n) is 4.30. The Labute approximate surface area is 105 Å². The summed E-state index contributed by atoms with van der Waals surface area (Å²) >= 11 is 0. The fourth-order valence-electron chi connectivity index (χ4n) is 1.50. The van der Waals surface area contributed by atoms with E-state index >= 15 is 0 Å². The van der Waals surface area contributed by atoms with Crippen molar-refractivity contribution < 1.29 is 14.7 Å². The first-order valence-electron chi connectivity index (χ1n) is 5.79. The second-order valence-corrected chi connectivity index (χ2v) is 4.30. The van der Waals surface area contributed by atoms with Gasteiger partial charge in [0.05, 0.1) is 5.69 Å². The minimum Gasteiger partial charge on any atom is -0.476 e. The Morgan fingerprint density at radius 3 is 2.50 bits per heavy atom. The Kier molecular flexibility index (Phi) is 4.41. The summed E-state index contributed by atoms with van der Waals surface area (Å²) in [4.78, 5) is 24.4. The molecule has 1 heterocycles. The molecule has 0 aliphatic rings. The van der Waals surface area contributed by atoms with Crippen LogP contribution in [0.5, 0.6) is 0 Å². The van der Waals surface area contributed by atoms with E-state index in [-0.39, 0.29) is 24.2 Å². The number of carboxylic acid groups (broad SMARTS) is 1. The van der Waals surface area contributed by atoms with Gasteiger partial charge in [-0.25, -0.2) is 9.48 Å². The van der Waals surface area contributed by atoms with Gasteiger partial charge in [-0.3, -0.25) is 4.79 Å². The number of nitrogens with zero attached hydrogens (tertiary/aromatic N) is 4. The molecule has 0 aliphatic heterocycles. The number of hydrogen-bond donors (Lipinski definition) is 1. The highest BCUT2D eigenvalue weighted by Gasteiger charge is 2.20. The normalized spacial score (nSPS) is 10.7. The van der Waals surface area contributed by atoms with Crippen LogP contribution in [0, 0.1) is 0 Å². The smallest absolute Gasteiger partial charge is 0.358 e. The maximum absolute atomic E-state index is 11.9. The van der Waals surface area contributed by atoms with Crippen molar-refractivity contribution in [3.8, 4) is 0 Å². The van der Waals surface area contributed by atoms with E-state index in [9.17, 15) is 9.59 Å². The average molecular weight is 254 g/mol. The van der Waals surface area contributed by atoms with Crippen LogP contribution >= 0.6 is 0 Å². The molecule has 0 saturated carbocycles. The summed E-state index contributed by atoms with van der Waals surface area (Å²) in [6.45, 7) is 5.63. The average Bonchev–Trinajstić information content (AvgIpc) is 2.70. The first-order chi connectivity index (χ1) is 8.38. The number of rotatable bonds is 5. The van der Waals surface area contributed by atoms with E-state index in [1.54, 1.807) is 18.9 Å². The number of carboxylic acids is 1. The zero-order valence-electron chi connectivity index (χ0n) is 11.0. The van der Waals surface area contributed by atoms with Gasteiger partial charge in [0.2, 0.25) is 5.91 Å². The molecule has 18 heavy (non-hydrogen) atoms. The Morgan fingerprint density at radius 2 is 2.06 bits per heavy atom. The molecule has 0 unspecified atom stereocenters. The number of carbonyl (C=O) groups excluding carboxylic acids is 1. The van der Waals surface area contributed by atoms with Gasteiger partial charge in [-0.15, -0.1) is 5.10 Å². The molecule has 1 amide bonds. The Morgan fingerprint density at radius 1 is 1.44 bits per heavy atom. The summed E-state index contributed by atoms with van der Waals surface area (Å²) < 4.78 is 1.35. The molecule has 0 saturated heterocycles. The molecule has 100 valence electrons. The van der Waals surface area contributed by atoms with Gasteiger partial charge < -0.3 is 10.0 Å². The second kappa shape index (κ2) is 5.61. The van der Waals surface area contributed by atoms with E-state index in [4.69, 9.17) is 5.11 Å². The lowest BCUT2D eigenvalue weighted by molar-refractivity contribution is -0.132. The molecule has 7 heteroatoms. The van der Waals surface area contributed by atoms with Crippen molar-refractivity contribution in [1.82, 2.24) is 19.9 Å². The predicted octanol–water partition coefficient (Wildman–Crippen LogP) is 0.405. The largest absolute Gasteiger partial charge is 0.476 e. The molecule has 0 spiro atoms. The van der Waals surface area contributed by atoms with Gasteiger partial charge in [-0.2, -0.15) is 0 Å². The minimum absolute atomic E-state index is 0.0120. The van der Waals surface area contributed by atoms with Crippen LogP contribution in [0.4, 0.5) is 0 Å². The summed E-state index contributed by atoms with van der Waals surface area (Å²) in [5, 5.41) is 16.2. The first-order valence-corrected chi connectivity index (χ1v) is 5.79. The monoisotopic (exact) mass is 254 g/mol. The van der Waals surface area contributed by atoms with Crippen molar-refractivity contribution in [1.29, 1.82) is 0 Å². The SMILES string of the molecule is CCc1c(C(=O)O)nnn1CC(=O)N(C)C(C)C. The number of aromatic carboxylic acids is 1. The number of likely N-dealkylation sites (N-methyl/N-ethyl adjacent to an activating group) is 1. The summed E-state index contributed by atoms with van der Waals surface area (Å²) in [5.41, 5.74) is 0.380. The third-order valence-corrected chi connectivity index (χ3v) is 2.83. The lowest BCUT2D eigenvalue weighted by Crippen LogP contribution is -2.36. The van der Waals surface area contributed by atoms with E-state index in [2.05, 4.69) is 10.3 Å². The summed E-state index contributed by atoms with van der Waals surface area (Å²) in [6, 6.07) is 0.0880. The van der Waals surface area contributed by atoms with Crippen LogP contribution in [-0.2, 0) is 17.8 Å². The molecule has 0 bridgehead atoms. The molecule has 7 nitrogen and oxygen atoms in total. The topological polar surface area (TPSA) is 88.3 Å². The van der Waals surface area contributed by atoms with Crippen molar-refractivity contribution >= 4 is 11.9 Å².